The number of nitrogens with two attached hydrogens (primary N) is 1. The molecule has 1 saturated heterocycles. The summed E-state index contributed by atoms with van der Waals surface area (Å²) in [5.41, 5.74) is 6.36. The highest BCUT2D eigenvalue weighted by atomic mass is 16.5. The van der Waals surface area contributed by atoms with Gasteiger partial charge in [0.15, 0.2) is 0 Å². The van der Waals surface area contributed by atoms with Gasteiger partial charge in [-0.05, 0) is 30.5 Å². The number of hydrogen-bond acceptors (Lipinski definition) is 4. The Morgan fingerprint density at radius 2 is 1.95 bits per heavy atom. The molecule has 0 aliphatic carbocycles. The zero-order chi connectivity index (χ0) is 14.6. The van der Waals surface area contributed by atoms with Crippen LogP contribution in [0.15, 0.2) is 24.3 Å². The number of carbonyl (C=O) groups is 1. The molecule has 5 heteroatoms. The van der Waals surface area contributed by atoms with Gasteiger partial charge >= 0.3 is 0 Å². The van der Waals surface area contributed by atoms with Gasteiger partial charge in [-0.2, -0.15) is 0 Å². The summed E-state index contributed by atoms with van der Waals surface area (Å²) in [6.07, 6.45) is 1.37. The number of nitrogens with zero attached hydrogens (tertiary/aromatic N) is 1. The lowest BCUT2D eigenvalue weighted by molar-refractivity contribution is -0.146. The molecule has 110 valence electrons. The summed E-state index contributed by atoms with van der Waals surface area (Å²) >= 11 is 0. The lowest BCUT2D eigenvalue weighted by Crippen LogP contribution is -2.49. The van der Waals surface area contributed by atoms with Gasteiger partial charge < -0.3 is 20.5 Å². The molecule has 1 aromatic rings. The molecule has 0 atom stereocenters. The summed E-state index contributed by atoms with van der Waals surface area (Å²) in [5, 5.41) is 9.27. The normalized spacial score (nSPS) is 17.7. The molecule has 0 saturated carbocycles. The number of benzene rings is 1. The largest absolute Gasteiger partial charge is 0.508 e. The number of amides is 1. The monoisotopic (exact) mass is 278 g/mol. The van der Waals surface area contributed by atoms with Gasteiger partial charge in [0.1, 0.15) is 5.75 Å². The molecule has 1 fully saturated rings. The molecule has 1 aromatic carbocycles. The van der Waals surface area contributed by atoms with Crippen LogP contribution in [-0.4, -0.2) is 42.7 Å². The minimum absolute atomic E-state index is 0.0800. The third-order valence-electron chi connectivity index (χ3n) is 4.00. The molecule has 0 aromatic heterocycles. The summed E-state index contributed by atoms with van der Waals surface area (Å²) < 4.78 is 5.33. The second-order valence-corrected chi connectivity index (χ2v) is 5.42. The molecular weight excluding hydrogens is 256 g/mol. The molecule has 20 heavy (non-hydrogen) atoms. The van der Waals surface area contributed by atoms with E-state index in [1.165, 1.54) is 0 Å². The van der Waals surface area contributed by atoms with E-state index in [2.05, 4.69) is 0 Å². The third-order valence-corrected chi connectivity index (χ3v) is 4.00. The van der Waals surface area contributed by atoms with E-state index in [0.717, 1.165) is 5.56 Å². The van der Waals surface area contributed by atoms with Crippen molar-refractivity contribution in [1.29, 1.82) is 0 Å². The van der Waals surface area contributed by atoms with Gasteiger partial charge in [-0.25, -0.2) is 0 Å². The number of hydrogen-bond donors (Lipinski definition) is 2. The van der Waals surface area contributed by atoms with Crippen LogP contribution >= 0.6 is 0 Å². The molecule has 1 aliphatic heterocycles. The Labute approximate surface area is 119 Å². The molecule has 5 nitrogen and oxygen atoms in total. The minimum Gasteiger partial charge on any atom is -0.508 e. The summed E-state index contributed by atoms with van der Waals surface area (Å²) in [6, 6.07) is 6.89. The van der Waals surface area contributed by atoms with Crippen LogP contribution in [0, 0.1) is 5.41 Å². The zero-order valence-corrected chi connectivity index (χ0v) is 11.8. The Kier molecular flexibility index (Phi) is 4.62. The van der Waals surface area contributed by atoms with E-state index in [4.69, 9.17) is 10.5 Å². The Morgan fingerprint density at radius 1 is 1.35 bits per heavy atom. The average Bonchev–Trinajstić information content (AvgIpc) is 2.49. The SMILES string of the molecule is CN(Cc1ccc(O)cc1)C(=O)C1(CN)CCOCC1. The van der Waals surface area contributed by atoms with Crippen LogP contribution in [0.1, 0.15) is 18.4 Å². The molecule has 3 N–H and O–H groups in total. The first-order valence-corrected chi connectivity index (χ1v) is 6.89. The molecule has 0 unspecified atom stereocenters. The number of phenolic OH excluding ortho intramolecular Hbond substituents is 1. The van der Waals surface area contributed by atoms with Gasteiger partial charge in [0, 0.05) is 33.4 Å². The highest BCUT2D eigenvalue weighted by Gasteiger charge is 2.40. The van der Waals surface area contributed by atoms with E-state index in [1.807, 2.05) is 12.1 Å². The van der Waals surface area contributed by atoms with Crippen LogP contribution in [-0.2, 0) is 16.1 Å². The Bertz CT molecular complexity index is 453. The van der Waals surface area contributed by atoms with Gasteiger partial charge in [-0.3, -0.25) is 4.79 Å². The Balaban J connectivity index is 2.05. The van der Waals surface area contributed by atoms with Crippen molar-refractivity contribution in [2.45, 2.75) is 19.4 Å². The summed E-state index contributed by atoms with van der Waals surface area (Å²) in [4.78, 5) is 14.4. The highest BCUT2D eigenvalue weighted by molar-refractivity contribution is 5.83. The molecule has 0 radical (unpaired) electrons. The van der Waals surface area contributed by atoms with E-state index in [9.17, 15) is 9.90 Å². The fourth-order valence-electron chi connectivity index (χ4n) is 2.62. The smallest absolute Gasteiger partial charge is 0.230 e. The zero-order valence-electron chi connectivity index (χ0n) is 11.8. The first-order valence-electron chi connectivity index (χ1n) is 6.89. The minimum atomic E-state index is -0.482. The highest BCUT2D eigenvalue weighted by Crippen LogP contribution is 2.31. The number of ether oxygens (including phenoxy) is 1. The van der Waals surface area contributed by atoms with Crippen molar-refractivity contribution in [3.8, 4) is 5.75 Å². The maximum atomic E-state index is 12.7. The van der Waals surface area contributed by atoms with Crippen LogP contribution in [0.2, 0.25) is 0 Å². The van der Waals surface area contributed by atoms with Gasteiger partial charge in [0.2, 0.25) is 5.91 Å². The van der Waals surface area contributed by atoms with E-state index in [0.29, 0.717) is 39.1 Å². The molecule has 0 spiro atoms. The van der Waals surface area contributed by atoms with Crippen molar-refractivity contribution in [2.24, 2.45) is 11.1 Å². The van der Waals surface area contributed by atoms with Gasteiger partial charge in [0.05, 0.1) is 5.41 Å². The first kappa shape index (κ1) is 14.8. The molecular formula is C15H22N2O3. The van der Waals surface area contributed by atoms with Crippen LogP contribution < -0.4 is 5.73 Å². The predicted octanol–water partition coefficient (Wildman–Crippen LogP) is 1.11. The van der Waals surface area contributed by atoms with E-state index in [1.54, 1.807) is 24.1 Å². The lowest BCUT2D eigenvalue weighted by Gasteiger charge is -2.37. The van der Waals surface area contributed by atoms with E-state index < -0.39 is 5.41 Å². The second-order valence-electron chi connectivity index (χ2n) is 5.42. The van der Waals surface area contributed by atoms with E-state index >= 15 is 0 Å². The van der Waals surface area contributed by atoms with Crippen molar-refractivity contribution < 1.29 is 14.6 Å². The molecule has 1 amide bonds. The number of carbonyl (C=O) groups excluding carboxylic acids is 1. The maximum Gasteiger partial charge on any atom is 0.230 e. The summed E-state index contributed by atoms with van der Waals surface area (Å²) in [7, 11) is 1.79. The van der Waals surface area contributed by atoms with Crippen LogP contribution in [0.25, 0.3) is 0 Å². The second kappa shape index (κ2) is 6.24. The van der Waals surface area contributed by atoms with Crippen molar-refractivity contribution >= 4 is 5.91 Å². The Hall–Kier alpha value is -1.59. The van der Waals surface area contributed by atoms with Gasteiger partial charge in [-0.1, -0.05) is 12.1 Å². The van der Waals surface area contributed by atoms with Gasteiger partial charge in [0.25, 0.3) is 0 Å². The number of phenols is 1. The van der Waals surface area contributed by atoms with Crippen molar-refractivity contribution in [3.63, 3.8) is 0 Å². The fourth-order valence-corrected chi connectivity index (χ4v) is 2.62. The molecule has 2 rings (SSSR count). The topological polar surface area (TPSA) is 75.8 Å². The predicted molar refractivity (Wildman–Crippen MR) is 76.1 cm³/mol. The maximum absolute atomic E-state index is 12.7. The van der Waals surface area contributed by atoms with Crippen LogP contribution in [0.5, 0.6) is 5.75 Å². The molecule has 1 aliphatic rings. The number of rotatable bonds is 4. The third kappa shape index (κ3) is 3.11. The average molecular weight is 278 g/mol. The molecule has 0 bridgehead atoms. The van der Waals surface area contributed by atoms with Crippen molar-refractivity contribution in [1.82, 2.24) is 4.90 Å². The van der Waals surface area contributed by atoms with E-state index in [-0.39, 0.29) is 11.7 Å². The Morgan fingerprint density at radius 3 is 2.50 bits per heavy atom. The van der Waals surface area contributed by atoms with Crippen LogP contribution in [0.4, 0.5) is 0 Å². The quantitative estimate of drug-likeness (QED) is 0.865. The number of aromatic hydroxyl groups is 1. The lowest BCUT2D eigenvalue weighted by atomic mass is 9.79. The summed E-state index contributed by atoms with van der Waals surface area (Å²) in [6.45, 7) is 2.06. The van der Waals surface area contributed by atoms with Crippen molar-refractivity contribution in [2.75, 3.05) is 26.8 Å². The summed E-state index contributed by atoms with van der Waals surface area (Å²) in [5.74, 6) is 0.307. The standard InChI is InChI=1S/C15H22N2O3/c1-17(10-12-2-4-13(18)5-3-12)14(19)15(11-16)6-8-20-9-7-15/h2-5,18H,6-11,16H2,1H3. The first-order chi connectivity index (χ1) is 9.57. The fraction of sp³-hybridized carbons (Fsp3) is 0.533. The van der Waals surface area contributed by atoms with Crippen LogP contribution in [0.3, 0.4) is 0 Å². The molecule has 1 heterocycles. The van der Waals surface area contributed by atoms with Gasteiger partial charge in [-0.15, -0.1) is 0 Å². The van der Waals surface area contributed by atoms with Crippen molar-refractivity contribution in [3.05, 3.63) is 29.8 Å².